The molecule has 5 rings (SSSR count). The van der Waals surface area contributed by atoms with Crippen LogP contribution in [0, 0.1) is 0 Å². The molecular formula is C24H28N4O3S. The number of carbonyl (C=O) groups is 1. The van der Waals surface area contributed by atoms with Crippen molar-refractivity contribution in [1.29, 1.82) is 0 Å². The van der Waals surface area contributed by atoms with E-state index in [1.807, 2.05) is 35.2 Å². The van der Waals surface area contributed by atoms with E-state index in [1.54, 1.807) is 11.3 Å². The SMILES string of the molecule is O=C(CN1CCN(Cc2ccc(Oc3nc4ccccc4s3)cc2)CC1)N1CCOCC1. The molecule has 8 heteroatoms. The molecule has 2 saturated heterocycles. The lowest BCUT2D eigenvalue weighted by molar-refractivity contribution is -0.136. The lowest BCUT2D eigenvalue weighted by Crippen LogP contribution is -2.51. The molecule has 32 heavy (non-hydrogen) atoms. The van der Waals surface area contributed by atoms with Crippen LogP contribution >= 0.6 is 11.3 Å². The summed E-state index contributed by atoms with van der Waals surface area (Å²) in [4.78, 5) is 23.6. The number of morpholine rings is 1. The van der Waals surface area contributed by atoms with Gasteiger partial charge in [-0.1, -0.05) is 35.6 Å². The molecule has 2 aromatic carbocycles. The summed E-state index contributed by atoms with van der Waals surface area (Å²) in [6.07, 6.45) is 0. The van der Waals surface area contributed by atoms with Crippen LogP contribution in [0.2, 0.25) is 0 Å². The molecule has 2 aliphatic rings. The van der Waals surface area contributed by atoms with Crippen LogP contribution in [0.15, 0.2) is 48.5 Å². The van der Waals surface area contributed by atoms with E-state index >= 15 is 0 Å². The maximum Gasteiger partial charge on any atom is 0.279 e. The van der Waals surface area contributed by atoms with Crippen molar-refractivity contribution in [2.75, 3.05) is 59.0 Å². The first kappa shape index (κ1) is 21.3. The number of benzene rings is 2. The molecule has 0 unspecified atom stereocenters. The number of fused-ring (bicyclic) bond motifs is 1. The molecule has 2 aliphatic heterocycles. The maximum absolute atomic E-state index is 12.5. The van der Waals surface area contributed by atoms with Crippen LogP contribution < -0.4 is 4.74 Å². The highest BCUT2D eigenvalue weighted by Crippen LogP contribution is 2.31. The quantitative estimate of drug-likeness (QED) is 0.573. The van der Waals surface area contributed by atoms with Crippen molar-refractivity contribution in [3.8, 4) is 10.9 Å². The minimum atomic E-state index is 0.227. The van der Waals surface area contributed by atoms with E-state index in [1.165, 1.54) is 5.56 Å². The number of piperazine rings is 1. The van der Waals surface area contributed by atoms with Crippen LogP contribution in [0.1, 0.15) is 5.56 Å². The van der Waals surface area contributed by atoms with Gasteiger partial charge in [-0.2, -0.15) is 0 Å². The zero-order chi connectivity index (χ0) is 21.8. The summed E-state index contributed by atoms with van der Waals surface area (Å²) >= 11 is 1.56. The Morgan fingerprint density at radius 3 is 2.41 bits per heavy atom. The highest BCUT2D eigenvalue weighted by atomic mass is 32.1. The van der Waals surface area contributed by atoms with Gasteiger partial charge in [0, 0.05) is 45.8 Å². The van der Waals surface area contributed by atoms with E-state index < -0.39 is 0 Å². The second-order valence-electron chi connectivity index (χ2n) is 8.24. The highest BCUT2D eigenvalue weighted by molar-refractivity contribution is 7.20. The number of thiazole rings is 1. The van der Waals surface area contributed by atoms with Crippen LogP contribution in [-0.2, 0) is 16.1 Å². The van der Waals surface area contributed by atoms with E-state index in [-0.39, 0.29) is 5.91 Å². The van der Waals surface area contributed by atoms with Crippen LogP contribution in [0.4, 0.5) is 0 Å². The molecule has 2 fully saturated rings. The largest absolute Gasteiger partial charge is 0.431 e. The average molecular weight is 453 g/mol. The number of carbonyl (C=O) groups excluding carboxylic acids is 1. The summed E-state index contributed by atoms with van der Waals surface area (Å²) in [7, 11) is 0. The van der Waals surface area contributed by atoms with Crippen LogP contribution in [0.5, 0.6) is 10.9 Å². The van der Waals surface area contributed by atoms with E-state index in [2.05, 4.69) is 33.0 Å². The minimum absolute atomic E-state index is 0.227. The normalized spacial score (nSPS) is 18.2. The van der Waals surface area contributed by atoms with E-state index in [9.17, 15) is 4.79 Å². The van der Waals surface area contributed by atoms with Crippen molar-refractivity contribution < 1.29 is 14.3 Å². The molecule has 0 atom stereocenters. The molecule has 0 spiro atoms. The van der Waals surface area contributed by atoms with Gasteiger partial charge in [-0.3, -0.25) is 14.6 Å². The van der Waals surface area contributed by atoms with Gasteiger partial charge >= 0.3 is 0 Å². The summed E-state index contributed by atoms with van der Waals surface area (Å²) < 4.78 is 12.4. The number of nitrogens with zero attached hydrogens (tertiary/aromatic N) is 4. The Kier molecular flexibility index (Phi) is 6.64. The molecule has 1 aromatic heterocycles. The third-order valence-electron chi connectivity index (χ3n) is 6.00. The number of amides is 1. The van der Waals surface area contributed by atoms with Crippen LogP contribution in [0.25, 0.3) is 10.2 Å². The Labute approximate surface area is 192 Å². The van der Waals surface area contributed by atoms with Gasteiger partial charge < -0.3 is 14.4 Å². The number of para-hydroxylation sites is 1. The maximum atomic E-state index is 12.5. The zero-order valence-electron chi connectivity index (χ0n) is 18.1. The average Bonchev–Trinajstić information content (AvgIpc) is 3.24. The first-order valence-corrected chi connectivity index (χ1v) is 12.0. The molecule has 0 radical (unpaired) electrons. The molecule has 0 saturated carbocycles. The predicted molar refractivity (Wildman–Crippen MR) is 125 cm³/mol. The summed E-state index contributed by atoms with van der Waals surface area (Å²) in [6.45, 7) is 7.98. The fourth-order valence-corrected chi connectivity index (χ4v) is 4.96. The number of rotatable bonds is 6. The van der Waals surface area contributed by atoms with Gasteiger partial charge in [0.05, 0.1) is 30.0 Å². The molecule has 0 bridgehead atoms. The molecule has 3 heterocycles. The van der Waals surface area contributed by atoms with Gasteiger partial charge in [-0.25, -0.2) is 4.98 Å². The third kappa shape index (κ3) is 5.27. The Balaban J connectivity index is 1.08. The molecule has 0 N–H and O–H groups in total. The smallest absolute Gasteiger partial charge is 0.279 e. The third-order valence-corrected chi connectivity index (χ3v) is 6.91. The Hall–Kier alpha value is -2.52. The van der Waals surface area contributed by atoms with Crippen molar-refractivity contribution in [3.63, 3.8) is 0 Å². The standard InChI is InChI=1S/C24H28N4O3S/c29-23(28-13-15-30-16-14-28)18-27-11-9-26(10-12-27)17-19-5-7-20(8-6-19)31-24-25-21-3-1-2-4-22(21)32-24/h1-8H,9-18H2. The van der Waals surface area contributed by atoms with Gasteiger partial charge in [0.25, 0.3) is 5.19 Å². The molecular weight excluding hydrogens is 424 g/mol. The van der Waals surface area contributed by atoms with Crippen molar-refractivity contribution in [2.45, 2.75) is 6.54 Å². The van der Waals surface area contributed by atoms with E-state index in [0.29, 0.717) is 25.0 Å². The molecule has 1 amide bonds. The first-order valence-electron chi connectivity index (χ1n) is 11.2. The number of hydrogen-bond donors (Lipinski definition) is 0. The molecule has 7 nitrogen and oxygen atoms in total. The summed E-state index contributed by atoms with van der Waals surface area (Å²) in [5.41, 5.74) is 2.23. The summed E-state index contributed by atoms with van der Waals surface area (Å²) in [5.74, 6) is 1.03. The topological polar surface area (TPSA) is 58.1 Å². The fourth-order valence-electron chi connectivity index (χ4n) is 4.13. The van der Waals surface area contributed by atoms with Crippen molar-refractivity contribution in [2.24, 2.45) is 0 Å². The molecule has 0 aliphatic carbocycles. The molecule has 3 aromatic rings. The first-order chi connectivity index (χ1) is 15.7. The fraction of sp³-hybridized carbons (Fsp3) is 0.417. The van der Waals surface area contributed by atoms with Gasteiger partial charge in [0.15, 0.2) is 0 Å². The monoisotopic (exact) mass is 452 g/mol. The van der Waals surface area contributed by atoms with Crippen LogP contribution in [0.3, 0.4) is 0 Å². The van der Waals surface area contributed by atoms with Gasteiger partial charge in [-0.05, 0) is 29.8 Å². The van der Waals surface area contributed by atoms with Gasteiger partial charge in [0.1, 0.15) is 5.75 Å². The number of hydrogen-bond acceptors (Lipinski definition) is 7. The van der Waals surface area contributed by atoms with Gasteiger partial charge in [-0.15, -0.1) is 0 Å². The van der Waals surface area contributed by atoms with Crippen molar-refractivity contribution in [1.82, 2.24) is 19.7 Å². The Bertz CT molecular complexity index is 1010. The van der Waals surface area contributed by atoms with E-state index in [0.717, 1.165) is 61.8 Å². The highest BCUT2D eigenvalue weighted by Gasteiger charge is 2.23. The number of aromatic nitrogens is 1. The Morgan fingerprint density at radius 2 is 1.66 bits per heavy atom. The lowest BCUT2D eigenvalue weighted by atomic mass is 10.2. The van der Waals surface area contributed by atoms with Crippen molar-refractivity contribution >= 4 is 27.5 Å². The Morgan fingerprint density at radius 1 is 0.938 bits per heavy atom. The lowest BCUT2D eigenvalue weighted by Gasteiger charge is -2.36. The summed E-state index contributed by atoms with van der Waals surface area (Å²) in [5, 5.41) is 0.668. The van der Waals surface area contributed by atoms with Crippen molar-refractivity contribution in [3.05, 3.63) is 54.1 Å². The number of ether oxygens (including phenoxy) is 2. The zero-order valence-corrected chi connectivity index (χ0v) is 18.9. The second kappa shape index (κ2) is 9.95. The minimum Gasteiger partial charge on any atom is -0.431 e. The second-order valence-corrected chi connectivity index (χ2v) is 9.23. The van der Waals surface area contributed by atoms with E-state index in [4.69, 9.17) is 9.47 Å². The predicted octanol–water partition coefficient (Wildman–Crippen LogP) is 3.07. The van der Waals surface area contributed by atoms with Crippen LogP contribution in [-0.4, -0.2) is 84.6 Å². The summed E-state index contributed by atoms with van der Waals surface area (Å²) in [6, 6.07) is 16.3. The molecule has 168 valence electrons. The van der Waals surface area contributed by atoms with Gasteiger partial charge in [0.2, 0.25) is 5.91 Å².